The van der Waals surface area contributed by atoms with Crippen LogP contribution in [0.5, 0.6) is 17.2 Å². The predicted octanol–water partition coefficient (Wildman–Crippen LogP) is 2.08. The molecule has 2 aromatic rings. The van der Waals surface area contributed by atoms with Crippen molar-refractivity contribution >= 4 is 17.5 Å². The van der Waals surface area contributed by atoms with E-state index < -0.39 is 0 Å². The number of hydrogen-bond acceptors (Lipinski definition) is 5. The van der Waals surface area contributed by atoms with Gasteiger partial charge in [0.1, 0.15) is 17.2 Å². The summed E-state index contributed by atoms with van der Waals surface area (Å²) in [5, 5.41) is 5.24. The van der Waals surface area contributed by atoms with Gasteiger partial charge in [-0.2, -0.15) is 0 Å². The lowest BCUT2D eigenvalue weighted by molar-refractivity contribution is -0.118. The Bertz CT molecular complexity index is 761. The van der Waals surface area contributed by atoms with Gasteiger partial charge in [0.2, 0.25) is 0 Å². The molecule has 0 aliphatic carbocycles. The van der Waals surface area contributed by atoms with E-state index in [-0.39, 0.29) is 18.4 Å². The van der Waals surface area contributed by atoms with Crippen molar-refractivity contribution < 1.29 is 23.8 Å². The van der Waals surface area contributed by atoms with Gasteiger partial charge in [-0.15, -0.1) is 0 Å². The Morgan fingerprint density at radius 3 is 2.48 bits per heavy atom. The average Bonchev–Trinajstić information content (AvgIpc) is 2.66. The van der Waals surface area contributed by atoms with Crippen LogP contribution in [0.15, 0.2) is 42.5 Å². The van der Waals surface area contributed by atoms with Crippen LogP contribution in [0.2, 0.25) is 0 Å². The summed E-state index contributed by atoms with van der Waals surface area (Å²) >= 11 is 0. The number of amides is 2. The van der Waals surface area contributed by atoms with E-state index in [2.05, 4.69) is 10.6 Å². The molecule has 0 unspecified atom stereocenters. The number of hydrogen-bond donors (Lipinski definition) is 2. The molecule has 132 valence electrons. The summed E-state index contributed by atoms with van der Waals surface area (Å²) in [6, 6.07) is 11.7. The Morgan fingerprint density at radius 2 is 1.80 bits per heavy atom. The van der Waals surface area contributed by atoms with Gasteiger partial charge in [0.05, 0.1) is 19.9 Å². The number of carbonyl (C=O) groups excluding carboxylic acids is 2. The van der Waals surface area contributed by atoms with Gasteiger partial charge in [-0.05, 0) is 30.3 Å². The maximum atomic E-state index is 12.1. The number of methoxy groups -OCH3 is 2. The van der Waals surface area contributed by atoms with Crippen LogP contribution in [-0.4, -0.2) is 39.7 Å². The molecule has 0 aliphatic heterocycles. The molecule has 0 saturated carbocycles. The first-order valence-electron chi connectivity index (χ1n) is 7.54. The molecule has 0 saturated heterocycles. The van der Waals surface area contributed by atoms with E-state index in [1.165, 1.54) is 7.11 Å². The van der Waals surface area contributed by atoms with E-state index in [1.54, 1.807) is 56.6 Å². The van der Waals surface area contributed by atoms with E-state index in [1.807, 2.05) is 0 Å². The number of benzene rings is 2. The van der Waals surface area contributed by atoms with Gasteiger partial charge in [0.15, 0.2) is 6.61 Å². The molecule has 0 aromatic heterocycles. The van der Waals surface area contributed by atoms with E-state index in [9.17, 15) is 9.59 Å². The lowest BCUT2D eigenvalue weighted by atomic mass is 10.2. The Kier molecular flexibility index (Phi) is 6.22. The maximum absolute atomic E-state index is 12.1. The van der Waals surface area contributed by atoms with Crippen molar-refractivity contribution in [1.29, 1.82) is 0 Å². The summed E-state index contributed by atoms with van der Waals surface area (Å²) < 4.78 is 15.8. The third-order valence-electron chi connectivity index (χ3n) is 3.38. The van der Waals surface area contributed by atoms with Gasteiger partial charge >= 0.3 is 0 Å². The van der Waals surface area contributed by atoms with Gasteiger partial charge in [-0.25, -0.2) is 0 Å². The number of nitrogens with one attached hydrogen (secondary N) is 2. The van der Waals surface area contributed by atoms with Crippen molar-refractivity contribution in [2.75, 3.05) is 33.2 Å². The fourth-order valence-corrected chi connectivity index (χ4v) is 2.11. The summed E-state index contributed by atoms with van der Waals surface area (Å²) in [6.45, 7) is -0.202. The third kappa shape index (κ3) is 4.87. The molecule has 2 aromatic carbocycles. The summed E-state index contributed by atoms with van der Waals surface area (Å²) in [4.78, 5) is 23.7. The molecule has 25 heavy (non-hydrogen) atoms. The third-order valence-corrected chi connectivity index (χ3v) is 3.38. The Balaban J connectivity index is 1.98. The molecule has 0 radical (unpaired) electrons. The first-order chi connectivity index (χ1) is 12.1. The topological polar surface area (TPSA) is 85.9 Å². The Labute approximate surface area is 145 Å². The predicted molar refractivity (Wildman–Crippen MR) is 93.5 cm³/mol. The van der Waals surface area contributed by atoms with E-state index in [4.69, 9.17) is 14.2 Å². The number of anilines is 1. The van der Waals surface area contributed by atoms with Crippen LogP contribution in [0.3, 0.4) is 0 Å². The largest absolute Gasteiger partial charge is 0.497 e. The van der Waals surface area contributed by atoms with Crippen molar-refractivity contribution in [1.82, 2.24) is 5.32 Å². The van der Waals surface area contributed by atoms with Crippen LogP contribution in [0.25, 0.3) is 0 Å². The second kappa shape index (κ2) is 8.58. The van der Waals surface area contributed by atoms with Gasteiger partial charge < -0.3 is 24.8 Å². The van der Waals surface area contributed by atoms with E-state index in [0.29, 0.717) is 28.5 Å². The zero-order valence-electron chi connectivity index (χ0n) is 14.3. The number of rotatable bonds is 7. The summed E-state index contributed by atoms with van der Waals surface area (Å²) in [7, 11) is 4.60. The monoisotopic (exact) mass is 344 g/mol. The zero-order valence-corrected chi connectivity index (χ0v) is 14.3. The smallest absolute Gasteiger partial charge is 0.262 e. The molecule has 0 atom stereocenters. The second-order valence-electron chi connectivity index (χ2n) is 5.01. The van der Waals surface area contributed by atoms with E-state index >= 15 is 0 Å². The molecule has 0 heterocycles. The highest BCUT2D eigenvalue weighted by Gasteiger charge is 2.10. The SMILES string of the molecule is CNC(=O)c1cccc(OCC(=O)Nc2ccc(OC)cc2OC)c1. The Morgan fingerprint density at radius 1 is 1.00 bits per heavy atom. The second-order valence-corrected chi connectivity index (χ2v) is 5.01. The molecule has 0 aliphatic rings. The molecular formula is C18H20N2O5. The molecule has 2 N–H and O–H groups in total. The van der Waals surface area contributed by atoms with Crippen LogP contribution >= 0.6 is 0 Å². The summed E-state index contributed by atoms with van der Waals surface area (Å²) in [5.74, 6) is 0.955. The molecular weight excluding hydrogens is 324 g/mol. The minimum atomic E-state index is -0.353. The molecule has 2 amide bonds. The van der Waals surface area contributed by atoms with Gasteiger partial charge in [0.25, 0.3) is 11.8 Å². The molecule has 2 rings (SSSR count). The van der Waals surface area contributed by atoms with Crippen molar-refractivity contribution in [3.05, 3.63) is 48.0 Å². The van der Waals surface area contributed by atoms with Crippen LogP contribution < -0.4 is 24.8 Å². The fourth-order valence-electron chi connectivity index (χ4n) is 2.11. The molecule has 0 bridgehead atoms. The average molecular weight is 344 g/mol. The lowest BCUT2D eigenvalue weighted by Gasteiger charge is -2.12. The first-order valence-corrected chi connectivity index (χ1v) is 7.54. The highest BCUT2D eigenvalue weighted by molar-refractivity contribution is 5.95. The fraction of sp³-hybridized carbons (Fsp3) is 0.222. The minimum absolute atomic E-state index is 0.202. The Hall–Kier alpha value is -3.22. The van der Waals surface area contributed by atoms with Crippen LogP contribution in [0.1, 0.15) is 10.4 Å². The van der Waals surface area contributed by atoms with Crippen LogP contribution in [0.4, 0.5) is 5.69 Å². The molecule has 7 nitrogen and oxygen atoms in total. The maximum Gasteiger partial charge on any atom is 0.262 e. The first kappa shape index (κ1) is 18.1. The zero-order chi connectivity index (χ0) is 18.2. The van der Waals surface area contributed by atoms with Crippen molar-refractivity contribution in [2.24, 2.45) is 0 Å². The molecule has 0 fully saturated rings. The highest BCUT2D eigenvalue weighted by atomic mass is 16.5. The van der Waals surface area contributed by atoms with Crippen LogP contribution in [-0.2, 0) is 4.79 Å². The summed E-state index contributed by atoms with van der Waals surface area (Å²) in [6.07, 6.45) is 0. The van der Waals surface area contributed by atoms with Crippen molar-refractivity contribution in [2.45, 2.75) is 0 Å². The van der Waals surface area contributed by atoms with Gasteiger partial charge in [-0.1, -0.05) is 6.07 Å². The number of ether oxygens (including phenoxy) is 3. The normalized spacial score (nSPS) is 9.88. The number of carbonyl (C=O) groups is 2. The minimum Gasteiger partial charge on any atom is -0.497 e. The lowest BCUT2D eigenvalue weighted by Crippen LogP contribution is -2.21. The van der Waals surface area contributed by atoms with Gasteiger partial charge in [-0.3, -0.25) is 9.59 Å². The van der Waals surface area contributed by atoms with Crippen molar-refractivity contribution in [3.8, 4) is 17.2 Å². The van der Waals surface area contributed by atoms with Crippen LogP contribution in [0, 0.1) is 0 Å². The van der Waals surface area contributed by atoms with Crippen molar-refractivity contribution in [3.63, 3.8) is 0 Å². The molecule has 0 spiro atoms. The molecule has 7 heteroatoms. The highest BCUT2D eigenvalue weighted by Crippen LogP contribution is 2.28. The quantitative estimate of drug-likeness (QED) is 0.803. The summed E-state index contributed by atoms with van der Waals surface area (Å²) in [5.41, 5.74) is 0.966. The van der Waals surface area contributed by atoms with E-state index in [0.717, 1.165) is 0 Å². The standard InChI is InChI=1S/C18H20N2O5/c1-19-18(22)12-5-4-6-14(9-12)25-11-17(21)20-15-8-7-13(23-2)10-16(15)24-3/h4-10H,11H2,1-3H3,(H,19,22)(H,20,21). The van der Waals surface area contributed by atoms with Gasteiger partial charge in [0, 0.05) is 18.7 Å².